The van der Waals surface area contributed by atoms with Gasteiger partial charge in [-0.25, -0.2) is 0 Å². The van der Waals surface area contributed by atoms with Crippen LogP contribution < -0.4 is 10.6 Å². The van der Waals surface area contributed by atoms with Crippen molar-refractivity contribution < 1.29 is 13.2 Å². The number of nitrogens with one attached hydrogen (secondary N) is 2. The first-order valence-corrected chi connectivity index (χ1v) is 6.93. The molecule has 18 heavy (non-hydrogen) atoms. The van der Waals surface area contributed by atoms with Crippen molar-refractivity contribution in [3.05, 3.63) is 0 Å². The molecule has 3 unspecified atom stereocenters. The van der Waals surface area contributed by atoms with Crippen LogP contribution in [0.1, 0.15) is 52.4 Å². The first-order valence-electron chi connectivity index (χ1n) is 6.93. The Morgan fingerprint density at radius 1 is 1.17 bits per heavy atom. The molecule has 108 valence electrons. The largest absolute Gasteiger partial charge is 0.390 e. The third kappa shape index (κ3) is 7.21. The Hall–Kier alpha value is -0.290. The van der Waals surface area contributed by atoms with E-state index in [1.54, 1.807) is 6.92 Å². The van der Waals surface area contributed by atoms with Gasteiger partial charge in [0.2, 0.25) is 0 Å². The lowest BCUT2D eigenvalue weighted by Crippen LogP contribution is -2.41. The summed E-state index contributed by atoms with van der Waals surface area (Å²) in [4.78, 5) is 0. The van der Waals surface area contributed by atoms with Crippen LogP contribution in [0.15, 0.2) is 0 Å². The molecule has 0 saturated carbocycles. The van der Waals surface area contributed by atoms with Gasteiger partial charge in [0.05, 0.1) is 6.42 Å². The maximum absolute atomic E-state index is 12.2. The number of hydrogen-bond acceptors (Lipinski definition) is 2. The van der Waals surface area contributed by atoms with Crippen LogP contribution in [0.3, 0.4) is 0 Å². The topological polar surface area (TPSA) is 24.1 Å². The lowest BCUT2D eigenvalue weighted by molar-refractivity contribution is -0.139. The Balaban J connectivity index is 2.25. The van der Waals surface area contributed by atoms with Gasteiger partial charge in [0.1, 0.15) is 0 Å². The standard InChI is InChI=1S/C13H25F3N2/c1-10(18-11(2)9-13(14,15)16)8-12-6-4-3-5-7-17-12/h10-12,17-18H,3-9H2,1-2H3. The van der Waals surface area contributed by atoms with Crippen LogP contribution in [0.2, 0.25) is 0 Å². The maximum atomic E-state index is 12.2. The van der Waals surface area contributed by atoms with Crippen molar-refractivity contribution in [1.29, 1.82) is 0 Å². The Morgan fingerprint density at radius 3 is 2.56 bits per heavy atom. The molecule has 1 aliphatic heterocycles. The minimum Gasteiger partial charge on any atom is -0.314 e. The van der Waals surface area contributed by atoms with E-state index in [4.69, 9.17) is 0 Å². The van der Waals surface area contributed by atoms with Crippen molar-refractivity contribution in [1.82, 2.24) is 10.6 Å². The molecule has 1 saturated heterocycles. The van der Waals surface area contributed by atoms with Crippen molar-refractivity contribution in [2.24, 2.45) is 0 Å². The van der Waals surface area contributed by atoms with Crippen LogP contribution in [-0.4, -0.2) is 30.8 Å². The molecule has 0 amide bonds. The van der Waals surface area contributed by atoms with Crippen LogP contribution in [0.25, 0.3) is 0 Å². The highest BCUT2D eigenvalue weighted by molar-refractivity contribution is 4.78. The van der Waals surface area contributed by atoms with E-state index in [0.717, 1.165) is 19.4 Å². The molecular formula is C13H25F3N2. The molecule has 0 aromatic carbocycles. The first kappa shape index (κ1) is 15.8. The van der Waals surface area contributed by atoms with Gasteiger partial charge in [-0.2, -0.15) is 13.2 Å². The molecule has 0 aromatic rings. The summed E-state index contributed by atoms with van der Waals surface area (Å²) in [6, 6.07) is 0.0665. The second kappa shape index (κ2) is 7.34. The summed E-state index contributed by atoms with van der Waals surface area (Å²) in [7, 11) is 0. The summed E-state index contributed by atoms with van der Waals surface area (Å²) in [6.07, 6.45) is 0.908. The van der Waals surface area contributed by atoms with Gasteiger partial charge < -0.3 is 10.6 Å². The fourth-order valence-electron chi connectivity index (χ4n) is 2.69. The predicted molar refractivity (Wildman–Crippen MR) is 67.6 cm³/mol. The van der Waals surface area contributed by atoms with Crippen molar-refractivity contribution in [2.75, 3.05) is 6.54 Å². The third-order valence-corrected chi connectivity index (χ3v) is 3.41. The van der Waals surface area contributed by atoms with Gasteiger partial charge in [0.15, 0.2) is 0 Å². The molecule has 0 bridgehead atoms. The average molecular weight is 266 g/mol. The molecule has 3 atom stereocenters. The summed E-state index contributed by atoms with van der Waals surface area (Å²) < 4.78 is 36.6. The summed E-state index contributed by atoms with van der Waals surface area (Å²) in [5, 5.41) is 6.52. The monoisotopic (exact) mass is 266 g/mol. The van der Waals surface area contributed by atoms with E-state index in [2.05, 4.69) is 10.6 Å². The Kier molecular flexibility index (Phi) is 6.43. The molecule has 2 N–H and O–H groups in total. The molecule has 0 radical (unpaired) electrons. The average Bonchev–Trinajstić information content (AvgIpc) is 2.42. The molecule has 1 heterocycles. The number of alkyl halides is 3. The number of hydrogen-bond donors (Lipinski definition) is 2. The zero-order chi connectivity index (χ0) is 13.6. The van der Waals surface area contributed by atoms with E-state index in [-0.39, 0.29) is 6.04 Å². The van der Waals surface area contributed by atoms with Gasteiger partial charge in [-0.3, -0.25) is 0 Å². The van der Waals surface area contributed by atoms with Crippen molar-refractivity contribution >= 4 is 0 Å². The number of rotatable bonds is 5. The molecule has 1 rings (SSSR count). The van der Waals surface area contributed by atoms with Gasteiger partial charge in [0.25, 0.3) is 0 Å². The second-order valence-corrected chi connectivity index (χ2v) is 5.52. The fourth-order valence-corrected chi connectivity index (χ4v) is 2.69. The van der Waals surface area contributed by atoms with E-state index in [0.29, 0.717) is 6.04 Å². The Labute approximate surface area is 108 Å². The fraction of sp³-hybridized carbons (Fsp3) is 1.00. The first-order chi connectivity index (χ1) is 8.37. The number of halogens is 3. The smallest absolute Gasteiger partial charge is 0.314 e. The van der Waals surface area contributed by atoms with E-state index < -0.39 is 18.6 Å². The quantitative estimate of drug-likeness (QED) is 0.798. The summed E-state index contributed by atoms with van der Waals surface area (Å²) in [6.45, 7) is 4.61. The van der Waals surface area contributed by atoms with Crippen molar-refractivity contribution in [3.8, 4) is 0 Å². The highest BCUT2D eigenvalue weighted by Crippen LogP contribution is 2.22. The lowest BCUT2D eigenvalue weighted by atomic mass is 10.0. The molecule has 0 aliphatic carbocycles. The zero-order valence-electron chi connectivity index (χ0n) is 11.3. The van der Waals surface area contributed by atoms with Gasteiger partial charge >= 0.3 is 6.18 Å². The minimum absolute atomic E-state index is 0.123. The molecule has 5 heteroatoms. The zero-order valence-corrected chi connectivity index (χ0v) is 11.3. The SMILES string of the molecule is CC(CC1CCCCCN1)NC(C)CC(F)(F)F. The highest BCUT2D eigenvalue weighted by Gasteiger charge is 2.30. The van der Waals surface area contributed by atoms with E-state index >= 15 is 0 Å². The summed E-state index contributed by atoms with van der Waals surface area (Å²) >= 11 is 0. The van der Waals surface area contributed by atoms with E-state index in [1.807, 2.05) is 6.92 Å². The van der Waals surface area contributed by atoms with Gasteiger partial charge in [0, 0.05) is 18.1 Å². The molecular weight excluding hydrogens is 241 g/mol. The Morgan fingerprint density at radius 2 is 1.89 bits per heavy atom. The van der Waals surface area contributed by atoms with Crippen LogP contribution >= 0.6 is 0 Å². The van der Waals surface area contributed by atoms with Crippen LogP contribution in [0, 0.1) is 0 Å². The molecule has 1 aliphatic rings. The maximum Gasteiger partial charge on any atom is 0.390 e. The molecule has 1 fully saturated rings. The van der Waals surface area contributed by atoms with Crippen molar-refractivity contribution in [3.63, 3.8) is 0 Å². The van der Waals surface area contributed by atoms with Gasteiger partial charge in [-0.1, -0.05) is 12.8 Å². The van der Waals surface area contributed by atoms with Crippen molar-refractivity contribution in [2.45, 2.75) is 76.7 Å². The van der Waals surface area contributed by atoms with E-state index in [9.17, 15) is 13.2 Å². The van der Waals surface area contributed by atoms with E-state index in [1.165, 1.54) is 19.3 Å². The van der Waals surface area contributed by atoms with Gasteiger partial charge in [-0.15, -0.1) is 0 Å². The van der Waals surface area contributed by atoms with Crippen LogP contribution in [0.4, 0.5) is 13.2 Å². The summed E-state index contributed by atoms with van der Waals surface area (Å²) in [5.74, 6) is 0. The van der Waals surface area contributed by atoms with Gasteiger partial charge in [-0.05, 0) is 39.7 Å². The molecule has 0 spiro atoms. The third-order valence-electron chi connectivity index (χ3n) is 3.41. The highest BCUT2D eigenvalue weighted by atomic mass is 19.4. The van der Waals surface area contributed by atoms with Crippen LogP contribution in [-0.2, 0) is 0 Å². The minimum atomic E-state index is -4.08. The molecule has 0 aromatic heterocycles. The lowest BCUT2D eigenvalue weighted by Gasteiger charge is -2.25. The Bertz CT molecular complexity index is 223. The normalized spacial score (nSPS) is 25.5. The van der Waals surface area contributed by atoms with Crippen LogP contribution in [0.5, 0.6) is 0 Å². The second-order valence-electron chi connectivity index (χ2n) is 5.52. The molecule has 2 nitrogen and oxygen atoms in total. The predicted octanol–water partition coefficient (Wildman–Crippen LogP) is 3.23. The summed E-state index contributed by atoms with van der Waals surface area (Å²) in [5.41, 5.74) is 0.